The molecule has 1 aliphatic carbocycles. The number of halogens is 1. The maximum Gasteiger partial charge on any atom is 0.330 e. The minimum absolute atomic E-state index is 0.129. The van der Waals surface area contributed by atoms with Crippen LogP contribution in [0.15, 0.2) is 21.9 Å². The molecule has 2 aliphatic rings. The smallest absolute Gasteiger partial charge is 0.330 e. The van der Waals surface area contributed by atoms with Crippen LogP contribution in [-0.4, -0.2) is 50.2 Å². The zero-order chi connectivity index (χ0) is 17.3. The quantitative estimate of drug-likeness (QED) is 0.633. The van der Waals surface area contributed by atoms with E-state index < -0.39 is 41.4 Å². The number of ether oxygens (including phenoxy) is 2. The normalized spacial score (nSPS) is 28.3. The lowest BCUT2D eigenvalue weighted by atomic mass is 9.99. The second-order valence-corrected chi connectivity index (χ2v) is 6.62. The first-order chi connectivity index (χ1) is 11.5. The molecule has 1 saturated heterocycles. The minimum atomic E-state index is -1.36. The van der Waals surface area contributed by atoms with Crippen molar-refractivity contribution in [3.63, 3.8) is 0 Å². The number of alkyl halides is 1. The van der Waals surface area contributed by atoms with E-state index in [1.54, 1.807) is 0 Å². The van der Waals surface area contributed by atoms with E-state index in [-0.39, 0.29) is 12.5 Å². The van der Waals surface area contributed by atoms with Crippen LogP contribution in [0.3, 0.4) is 0 Å². The van der Waals surface area contributed by atoms with Gasteiger partial charge in [0.05, 0.1) is 6.10 Å². The highest BCUT2D eigenvalue weighted by Crippen LogP contribution is 2.45. The summed E-state index contributed by atoms with van der Waals surface area (Å²) in [7, 11) is 0. The fourth-order valence-electron chi connectivity index (χ4n) is 3.44. The third-order valence-corrected chi connectivity index (χ3v) is 5.11. The van der Waals surface area contributed by atoms with Crippen LogP contribution in [0.25, 0.3) is 0 Å². The van der Waals surface area contributed by atoms with E-state index >= 15 is 0 Å². The maximum absolute atomic E-state index is 11.9. The van der Waals surface area contributed by atoms with Crippen molar-refractivity contribution in [3.8, 4) is 0 Å². The number of aromatic nitrogens is 2. The van der Waals surface area contributed by atoms with Crippen LogP contribution in [0.5, 0.6) is 0 Å². The highest BCUT2D eigenvalue weighted by molar-refractivity contribution is 6.18. The Balaban J connectivity index is 1.92. The third-order valence-electron chi connectivity index (χ3n) is 4.72. The van der Waals surface area contributed by atoms with Gasteiger partial charge in [-0.2, -0.15) is 0 Å². The van der Waals surface area contributed by atoms with Gasteiger partial charge in [0.15, 0.2) is 12.0 Å². The number of aliphatic hydroxyl groups is 2. The molecular formula is C15H21ClN2O6. The first-order valence-electron chi connectivity index (χ1n) is 8.02. The van der Waals surface area contributed by atoms with Crippen LogP contribution in [0.2, 0.25) is 0 Å². The summed E-state index contributed by atoms with van der Waals surface area (Å²) in [6, 6.07) is 1.14. The van der Waals surface area contributed by atoms with Gasteiger partial charge < -0.3 is 19.7 Å². The molecule has 2 fully saturated rings. The van der Waals surface area contributed by atoms with E-state index in [0.717, 1.165) is 23.5 Å². The van der Waals surface area contributed by atoms with E-state index in [0.29, 0.717) is 12.8 Å². The monoisotopic (exact) mass is 360 g/mol. The van der Waals surface area contributed by atoms with Crippen molar-refractivity contribution < 1.29 is 19.7 Å². The molecule has 1 saturated carbocycles. The van der Waals surface area contributed by atoms with Crippen LogP contribution in [0.1, 0.15) is 31.9 Å². The van der Waals surface area contributed by atoms with Crippen LogP contribution in [-0.2, 0) is 9.47 Å². The fraction of sp³-hybridized carbons (Fsp3) is 0.733. The Morgan fingerprint density at radius 2 is 2.00 bits per heavy atom. The molecular weight excluding hydrogens is 340 g/mol. The molecule has 2 heterocycles. The van der Waals surface area contributed by atoms with E-state index in [1.807, 2.05) is 0 Å². The average Bonchev–Trinajstić information content (AvgIpc) is 3.16. The molecule has 3 N–H and O–H groups in total. The van der Waals surface area contributed by atoms with Gasteiger partial charge in [-0.15, -0.1) is 11.6 Å². The van der Waals surface area contributed by atoms with Crippen LogP contribution in [0.4, 0.5) is 0 Å². The summed E-state index contributed by atoms with van der Waals surface area (Å²) in [5.41, 5.74) is -1.29. The number of hydrogen-bond donors (Lipinski definition) is 3. The van der Waals surface area contributed by atoms with Crippen molar-refractivity contribution in [2.45, 2.75) is 49.9 Å². The Kier molecular flexibility index (Phi) is 5.12. The number of nitrogens with zero attached hydrogens (tertiary/aromatic N) is 1. The predicted octanol–water partition coefficient (Wildman–Crippen LogP) is -0.0709. The van der Waals surface area contributed by atoms with Crippen molar-refractivity contribution in [2.24, 2.45) is 5.92 Å². The van der Waals surface area contributed by atoms with Gasteiger partial charge in [0.2, 0.25) is 0 Å². The fourth-order valence-corrected chi connectivity index (χ4v) is 3.71. The first-order valence-corrected chi connectivity index (χ1v) is 8.55. The molecule has 0 radical (unpaired) electrons. The Morgan fingerprint density at radius 3 is 2.58 bits per heavy atom. The first kappa shape index (κ1) is 17.6. The largest absolute Gasteiger partial charge is 0.396 e. The number of nitrogens with one attached hydrogen (secondary N) is 1. The Hall–Kier alpha value is -1.19. The third kappa shape index (κ3) is 3.16. The second-order valence-electron chi connectivity index (χ2n) is 6.31. The Morgan fingerprint density at radius 1 is 1.33 bits per heavy atom. The second kappa shape index (κ2) is 6.97. The molecule has 0 amide bonds. The molecule has 0 aromatic carbocycles. The summed E-state index contributed by atoms with van der Waals surface area (Å²) in [6.45, 7) is -0.225. The van der Waals surface area contributed by atoms with Gasteiger partial charge in [-0.05, 0) is 12.8 Å². The highest BCUT2D eigenvalue weighted by Gasteiger charge is 2.53. The van der Waals surface area contributed by atoms with Gasteiger partial charge in [0.1, 0.15) is 6.10 Å². The van der Waals surface area contributed by atoms with Gasteiger partial charge in [-0.1, -0.05) is 0 Å². The lowest BCUT2D eigenvalue weighted by Gasteiger charge is -2.27. The molecule has 3 rings (SSSR count). The van der Waals surface area contributed by atoms with Crippen molar-refractivity contribution >= 4 is 11.6 Å². The van der Waals surface area contributed by atoms with Crippen LogP contribution >= 0.6 is 11.6 Å². The van der Waals surface area contributed by atoms with E-state index in [9.17, 15) is 19.8 Å². The molecule has 0 bridgehead atoms. The summed E-state index contributed by atoms with van der Waals surface area (Å²) in [4.78, 5) is 25.2. The lowest BCUT2D eigenvalue weighted by molar-refractivity contribution is -0.184. The molecule has 134 valence electrons. The minimum Gasteiger partial charge on any atom is -0.396 e. The number of hydrogen-bond acceptors (Lipinski definition) is 6. The van der Waals surface area contributed by atoms with Crippen molar-refractivity contribution in [2.75, 3.05) is 12.5 Å². The summed E-state index contributed by atoms with van der Waals surface area (Å²) in [5, 5.41) is 20.2. The molecule has 1 aliphatic heterocycles. The Labute approximate surface area is 143 Å². The van der Waals surface area contributed by atoms with E-state index in [4.69, 9.17) is 21.1 Å². The zero-order valence-electron chi connectivity index (χ0n) is 13.1. The molecule has 8 nitrogen and oxygen atoms in total. The Bertz CT molecular complexity index is 679. The number of aliphatic hydroxyl groups excluding tert-OH is 2. The predicted molar refractivity (Wildman–Crippen MR) is 84.8 cm³/mol. The van der Waals surface area contributed by atoms with Crippen molar-refractivity contribution in [1.29, 1.82) is 0 Å². The van der Waals surface area contributed by atoms with Gasteiger partial charge in [-0.3, -0.25) is 14.3 Å². The topological polar surface area (TPSA) is 114 Å². The van der Waals surface area contributed by atoms with Crippen molar-refractivity contribution in [3.05, 3.63) is 33.1 Å². The standard InChI is InChI=1S/C15H21ClN2O6/c16-7-9(8-19)11-12(24-15(23-11)4-1-2-5-15)13(21)18-6-3-10(20)17-14(18)22/h3,6,9,11-13,19,21H,1-2,4-5,7-8H2,(H,17,20,22)/t9-,11+,12+,13+/m0/s1. The van der Waals surface area contributed by atoms with Gasteiger partial charge in [0.25, 0.3) is 5.56 Å². The number of H-pyrrole nitrogens is 1. The average molecular weight is 361 g/mol. The molecule has 4 atom stereocenters. The molecule has 0 unspecified atom stereocenters. The van der Waals surface area contributed by atoms with Gasteiger partial charge >= 0.3 is 5.69 Å². The highest BCUT2D eigenvalue weighted by atomic mass is 35.5. The van der Waals surface area contributed by atoms with Crippen LogP contribution < -0.4 is 11.2 Å². The van der Waals surface area contributed by atoms with Crippen molar-refractivity contribution in [1.82, 2.24) is 9.55 Å². The summed E-state index contributed by atoms with van der Waals surface area (Å²) < 4.78 is 13.1. The SMILES string of the molecule is O=c1ccn([C@H](O)[C@@H]2OC3(CCCC3)O[C@@H]2[C@H](CO)CCl)c(=O)[nH]1. The van der Waals surface area contributed by atoms with E-state index in [1.165, 1.54) is 6.20 Å². The summed E-state index contributed by atoms with van der Waals surface area (Å²) in [5.74, 6) is -1.11. The number of rotatable bonds is 5. The number of aromatic amines is 1. The van der Waals surface area contributed by atoms with Crippen LogP contribution in [0, 0.1) is 5.92 Å². The van der Waals surface area contributed by atoms with E-state index in [2.05, 4.69) is 4.98 Å². The molecule has 1 aromatic heterocycles. The lowest BCUT2D eigenvalue weighted by Crippen LogP contribution is -2.43. The summed E-state index contributed by atoms with van der Waals surface area (Å²) in [6.07, 6.45) is 1.58. The summed E-state index contributed by atoms with van der Waals surface area (Å²) >= 11 is 5.92. The maximum atomic E-state index is 11.9. The molecule has 1 aromatic rings. The molecule has 1 spiro atoms. The van der Waals surface area contributed by atoms with Gasteiger partial charge in [0, 0.05) is 43.5 Å². The molecule has 9 heteroatoms. The zero-order valence-corrected chi connectivity index (χ0v) is 13.8. The van der Waals surface area contributed by atoms with Gasteiger partial charge in [-0.25, -0.2) is 4.79 Å². The molecule has 24 heavy (non-hydrogen) atoms.